The van der Waals surface area contributed by atoms with Crippen LogP contribution in [0.5, 0.6) is 0 Å². The number of rotatable bonds is 1. The fraction of sp³-hybridized carbons (Fsp3) is 0.417. The van der Waals surface area contributed by atoms with E-state index in [1.807, 2.05) is 11.7 Å². The van der Waals surface area contributed by atoms with E-state index in [1.54, 1.807) is 0 Å². The molecule has 0 aliphatic carbocycles. The number of benzene rings is 1. The summed E-state index contributed by atoms with van der Waals surface area (Å²) in [5.41, 5.74) is 2.57. The van der Waals surface area contributed by atoms with Gasteiger partial charge in [0.15, 0.2) is 0 Å². The van der Waals surface area contributed by atoms with Crippen LogP contribution in [-0.2, 0) is 7.05 Å². The first-order valence-electron chi connectivity index (χ1n) is 5.61. The summed E-state index contributed by atoms with van der Waals surface area (Å²) in [6.45, 7) is 1.14. The summed E-state index contributed by atoms with van der Waals surface area (Å²) in [5.74, 6) is 0. The van der Waals surface area contributed by atoms with E-state index in [0.29, 0.717) is 6.04 Å². The SMILES string of the molecule is Cn1nc(Br)c2ccc(C3CCCN3)cc21. The van der Waals surface area contributed by atoms with Gasteiger partial charge in [-0.2, -0.15) is 5.10 Å². The van der Waals surface area contributed by atoms with E-state index in [4.69, 9.17) is 0 Å². The van der Waals surface area contributed by atoms with Gasteiger partial charge in [0.05, 0.1) is 5.52 Å². The molecule has 1 aliphatic heterocycles. The van der Waals surface area contributed by atoms with Gasteiger partial charge in [-0.3, -0.25) is 4.68 Å². The topological polar surface area (TPSA) is 29.9 Å². The quantitative estimate of drug-likeness (QED) is 0.870. The number of hydrogen-bond acceptors (Lipinski definition) is 2. The van der Waals surface area contributed by atoms with Gasteiger partial charge in [0.2, 0.25) is 0 Å². The third-order valence-corrected chi connectivity index (χ3v) is 3.88. The van der Waals surface area contributed by atoms with Crippen molar-refractivity contribution >= 4 is 26.8 Å². The zero-order chi connectivity index (χ0) is 11.1. The number of halogens is 1. The highest BCUT2D eigenvalue weighted by atomic mass is 79.9. The maximum atomic E-state index is 4.37. The minimum Gasteiger partial charge on any atom is -0.310 e. The van der Waals surface area contributed by atoms with Crippen LogP contribution in [0, 0.1) is 0 Å². The van der Waals surface area contributed by atoms with Crippen molar-refractivity contribution in [3.63, 3.8) is 0 Å². The van der Waals surface area contributed by atoms with Crippen LogP contribution in [0.1, 0.15) is 24.4 Å². The molecule has 4 heteroatoms. The van der Waals surface area contributed by atoms with Crippen molar-refractivity contribution in [2.24, 2.45) is 7.05 Å². The molecule has 0 amide bonds. The van der Waals surface area contributed by atoms with Crippen LogP contribution in [-0.4, -0.2) is 16.3 Å². The Morgan fingerprint density at radius 3 is 3.12 bits per heavy atom. The second kappa shape index (κ2) is 3.86. The molecule has 1 atom stereocenters. The number of aromatic nitrogens is 2. The molecule has 1 N–H and O–H groups in total. The molecule has 0 spiro atoms. The first kappa shape index (κ1) is 10.3. The number of aryl methyl sites for hydroxylation is 1. The summed E-state index contributed by atoms with van der Waals surface area (Å²) < 4.78 is 2.86. The second-order valence-corrected chi connectivity index (χ2v) is 5.09. The molecule has 2 heterocycles. The Hall–Kier alpha value is -0.870. The number of nitrogens with one attached hydrogen (secondary N) is 1. The van der Waals surface area contributed by atoms with Crippen molar-refractivity contribution < 1.29 is 0 Å². The van der Waals surface area contributed by atoms with Crippen molar-refractivity contribution in [1.29, 1.82) is 0 Å². The molecule has 84 valence electrons. The van der Waals surface area contributed by atoms with Crippen LogP contribution < -0.4 is 5.32 Å². The first-order chi connectivity index (χ1) is 7.75. The molecule has 1 aromatic carbocycles. The van der Waals surface area contributed by atoms with Crippen LogP contribution in [0.15, 0.2) is 22.8 Å². The number of fused-ring (bicyclic) bond motifs is 1. The maximum absolute atomic E-state index is 4.37. The lowest BCUT2D eigenvalue weighted by Gasteiger charge is -2.10. The highest BCUT2D eigenvalue weighted by molar-refractivity contribution is 9.10. The lowest BCUT2D eigenvalue weighted by Crippen LogP contribution is -2.12. The Bertz CT molecular complexity index is 526. The predicted octanol–water partition coefficient (Wildman–Crippen LogP) is 2.76. The molecule has 16 heavy (non-hydrogen) atoms. The number of hydrogen-bond donors (Lipinski definition) is 1. The maximum Gasteiger partial charge on any atom is 0.135 e. The standard InChI is InChI=1S/C12H14BrN3/c1-16-11-7-8(10-3-2-6-14-10)4-5-9(11)12(13)15-16/h4-5,7,10,14H,2-3,6H2,1H3. The Morgan fingerprint density at radius 2 is 2.38 bits per heavy atom. The van der Waals surface area contributed by atoms with Crippen molar-refractivity contribution in [2.75, 3.05) is 6.54 Å². The van der Waals surface area contributed by atoms with Crippen LogP contribution in [0.3, 0.4) is 0 Å². The van der Waals surface area contributed by atoms with Gasteiger partial charge in [0, 0.05) is 18.5 Å². The molecule has 2 aromatic rings. The van der Waals surface area contributed by atoms with E-state index < -0.39 is 0 Å². The fourth-order valence-corrected chi connectivity index (χ4v) is 2.99. The first-order valence-corrected chi connectivity index (χ1v) is 6.40. The molecule has 1 saturated heterocycles. The van der Waals surface area contributed by atoms with E-state index in [9.17, 15) is 0 Å². The minimum atomic E-state index is 0.526. The second-order valence-electron chi connectivity index (χ2n) is 4.34. The monoisotopic (exact) mass is 279 g/mol. The summed E-state index contributed by atoms with van der Waals surface area (Å²) >= 11 is 3.48. The third kappa shape index (κ3) is 1.57. The molecule has 3 rings (SSSR count). The van der Waals surface area contributed by atoms with Crippen LogP contribution in [0.2, 0.25) is 0 Å². The largest absolute Gasteiger partial charge is 0.310 e. The molecule has 0 saturated carbocycles. The molecule has 1 unspecified atom stereocenters. The van der Waals surface area contributed by atoms with Gasteiger partial charge in [-0.25, -0.2) is 0 Å². The Balaban J connectivity index is 2.11. The zero-order valence-corrected chi connectivity index (χ0v) is 10.8. The highest BCUT2D eigenvalue weighted by Gasteiger charge is 2.17. The summed E-state index contributed by atoms with van der Waals surface area (Å²) in [7, 11) is 1.99. The minimum absolute atomic E-state index is 0.526. The molecular formula is C12H14BrN3. The molecular weight excluding hydrogens is 266 g/mol. The average molecular weight is 280 g/mol. The normalized spacial score (nSPS) is 20.8. The summed E-state index contributed by atoms with van der Waals surface area (Å²) in [5, 5.41) is 9.08. The van der Waals surface area contributed by atoms with Crippen molar-refractivity contribution in [3.8, 4) is 0 Å². The summed E-state index contributed by atoms with van der Waals surface area (Å²) in [6, 6.07) is 7.13. The summed E-state index contributed by atoms with van der Waals surface area (Å²) in [6.07, 6.45) is 2.52. The Morgan fingerprint density at radius 1 is 1.50 bits per heavy atom. The van der Waals surface area contributed by atoms with Gasteiger partial charge in [-0.1, -0.05) is 6.07 Å². The van der Waals surface area contributed by atoms with Gasteiger partial charge in [-0.05, 0) is 53.0 Å². The zero-order valence-electron chi connectivity index (χ0n) is 9.20. The van der Waals surface area contributed by atoms with Crippen molar-refractivity contribution in [3.05, 3.63) is 28.4 Å². The lowest BCUT2D eigenvalue weighted by atomic mass is 10.0. The average Bonchev–Trinajstić information content (AvgIpc) is 2.88. The van der Waals surface area contributed by atoms with Gasteiger partial charge in [0.25, 0.3) is 0 Å². The molecule has 0 bridgehead atoms. The van der Waals surface area contributed by atoms with Gasteiger partial charge in [0.1, 0.15) is 4.60 Å². The van der Waals surface area contributed by atoms with Crippen LogP contribution >= 0.6 is 15.9 Å². The molecule has 1 aromatic heterocycles. The van der Waals surface area contributed by atoms with E-state index in [0.717, 1.165) is 11.1 Å². The molecule has 1 fully saturated rings. The third-order valence-electron chi connectivity index (χ3n) is 3.29. The summed E-state index contributed by atoms with van der Waals surface area (Å²) in [4.78, 5) is 0. The van der Waals surface area contributed by atoms with E-state index >= 15 is 0 Å². The fourth-order valence-electron chi connectivity index (χ4n) is 2.42. The smallest absolute Gasteiger partial charge is 0.135 e. The highest BCUT2D eigenvalue weighted by Crippen LogP contribution is 2.28. The predicted molar refractivity (Wildman–Crippen MR) is 68.4 cm³/mol. The van der Waals surface area contributed by atoms with E-state index in [-0.39, 0.29) is 0 Å². The van der Waals surface area contributed by atoms with Crippen LogP contribution in [0.25, 0.3) is 10.9 Å². The molecule has 3 nitrogen and oxygen atoms in total. The van der Waals surface area contributed by atoms with Crippen LogP contribution in [0.4, 0.5) is 0 Å². The molecule has 1 aliphatic rings. The van der Waals surface area contributed by atoms with Gasteiger partial charge in [-0.15, -0.1) is 0 Å². The van der Waals surface area contributed by atoms with Gasteiger partial charge < -0.3 is 5.32 Å². The van der Waals surface area contributed by atoms with Crippen molar-refractivity contribution in [1.82, 2.24) is 15.1 Å². The van der Waals surface area contributed by atoms with Gasteiger partial charge >= 0.3 is 0 Å². The van der Waals surface area contributed by atoms with E-state index in [2.05, 4.69) is 44.5 Å². The Kier molecular flexibility index (Phi) is 2.48. The molecule has 0 radical (unpaired) electrons. The van der Waals surface area contributed by atoms with Crippen molar-refractivity contribution in [2.45, 2.75) is 18.9 Å². The van der Waals surface area contributed by atoms with E-state index in [1.165, 1.54) is 29.3 Å². The lowest BCUT2D eigenvalue weighted by molar-refractivity contribution is 0.648. The Labute approximate surface area is 103 Å². The number of nitrogens with zero attached hydrogens (tertiary/aromatic N) is 2.